The van der Waals surface area contributed by atoms with Crippen LogP contribution in [-0.4, -0.2) is 76.9 Å². The van der Waals surface area contributed by atoms with Gasteiger partial charge in [0.2, 0.25) is 17.7 Å². The SMILES string of the molecule is CC(NC(=O)CN)C(=O)NC(CO)C(=O)NC(CO)C(=O)O. The molecule has 11 nitrogen and oxygen atoms in total. The number of nitrogens with one attached hydrogen (secondary N) is 3. The van der Waals surface area contributed by atoms with E-state index in [0.29, 0.717) is 0 Å². The van der Waals surface area contributed by atoms with Crippen LogP contribution < -0.4 is 21.7 Å². The van der Waals surface area contributed by atoms with E-state index in [1.807, 2.05) is 5.32 Å². The molecule has 0 radical (unpaired) electrons. The molecule has 0 bridgehead atoms. The lowest BCUT2D eigenvalue weighted by Crippen LogP contribution is -2.57. The lowest BCUT2D eigenvalue weighted by atomic mass is 10.2. The molecule has 0 aromatic heterocycles. The van der Waals surface area contributed by atoms with Gasteiger partial charge in [0.15, 0.2) is 0 Å². The number of hydrogen-bond acceptors (Lipinski definition) is 7. The first-order chi connectivity index (χ1) is 10.3. The van der Waals surface area contributed by atoms with Gasteiger partial charge in [0.05, 0.1) is 19.8 Å². The number of rotatable bonds is 9. The van der Waals surface area contributed by atoms with Gasteiger partial charge < -0.3 is 37.0 Å². The highest BCUT2D eigenvalue weighted by molar-refractivity contribution is 5.93. The average Bonchev–Trinajstić information content (AvgIpc) is 2.48. The summed E-state index contributed by atoms with van der Waals surface area (Å²) in [4.78, 5) is 45.2. The lowest BCUT2D eigenvalue weighted by molar-refractivity contribution is -0.143. The van der Waals surface area contributed by atoms with E-state index in [-0.39, 0.29) is 6.54 Å². The second-order valence-electron chi connectivity index (χ2n) is 4.32. The molecule has 126 valence electrons. The van der Waals surface area contributed by atoms with Gasteiger partial charge in [0.1, 0.15) is 18.1 Å². The van der Waals surface area contributed by atoms with Crippen LogP contribution in [0.1, 0.15) is 6.92 Å². The standard InChI is InChI=1S/C11H20N4O7/c1-5(13-8(18)2-12)9(19)14-6(3-16)10(20)15-7(4-17)11(21)22/h5-7,16-17H,2-4,12H2,1H3,(H,13,18)(H,14,19)(H,15,20)(H,21,22). The highest BCUT2D eigenvalue weighted by Gasteiger charge is 2.27. The fourth-order valence-corrected chi connectivity index (χ4v) is 1.31. The summed E-state index contributed by atoms with van der Waals surface area (Å²) in [6.45, 7) is -0.635. The molecule has 3 atom stereocenters. The Kier molecular flexibility index (Phi) is 8.67. The Morgan fingerprint density at radius 2 is 1.45 bits per heavy atom. The number of nitrogens with two attached hydrogens (primary N) is 1. The molecule has 0 heterocycles. The van der Waals surface area contributed by atoms with E-state index in [1.54, 1.807) is 0 Å². The van der Waals surface area contributed by atoms with Crippen LogP contribution in [0.4, 0.5) is 0 Å². The van der Waals surface area contributed by atoms with E-state index in [0.717, 1.165) is 0 Å². The maximum atomic E-state index is 11.7. The van der Waals surface area contributed by atoms with Crippen molar-refractivity contribution < 1.29 is 34.5 Å². The Bertz CT molecular complexity index is 429. The molecular weight excluding hydrogens is 300 g/mol. The van der Waals surface area contributed by atoms with E-state index in [9.17, 15) is 19.2 Å². The first-order valence-corrected chi connectivity index (χ1v) is 6.31. The summed E-state index contributed by atoms with van der Waals surface area (Å²) in [5.41, 5.74) is 5.07. The Balaban J connectivity index is 4.63. The molecule has 0 spiro atoms. The fourth-order valence-electron chi connectivity index (χ4n) is 1.31. The Labute approximate surface area is 125 Å². The molecule has 22 heavy (non-hydrogen) atoms. The van der Waals surface area contributed by atoms with Crippen LogP contribution in [0.3, 0.4) is 0 Å². The molecule has 0 aliphatic heterocycles. The fraction of sp³-hybridized carbons (Fsp3) is 0.636. The zero-order valence-corrected chi connectivity index (χ0v) is 11.9. The van der Waals surface area contributed by atoms with Crippen molar-refractivity contribution in [1.29, 1.82) is 0 Å². The largest absolute Gasteiger partial charge is 0.480 e. The van der Waals surface area contributed by atoms with Crippen molar-refractivity contribution in [2.24, 2.45) is 5.73 Å². The predicted octanol–water partition coefficient (Wildman–Crippen LogP) is -4.51. The van der Waals surface area contributed by atoms with Crippen LogP contribution in [0.15, 0.2) is 0 Å². The number of aliphatic carboxylic acids is 1. The number of carboxylic acid groups (broad SMARTS) is 1. The molecule has 0 aromatic rings. The van der Waals surface area contributed by atoms with E-state index in [1.165, 1.54) is 6.92 Å². The molecule has 0 rings (SSSR count). The first kappa shape index (κ1) is 19.8. The van der Waals surface area contributed by atoms with Gasteiger partial charge >= 0.3 is 5.97 Å². The van der Waals surface area contributed by atoms with Crippen molar-refractivity contribution in [2.75, 3.05) is 19.8 Å². The van der Waals surface area contributed by atoms with Gasteiger partial charge in [-0.3, -0.25) is 14.4 Å². The van der Waals surface area contributed by atoms with Crippen molar-refractivity contribution in [1.82, 2.24) is 16.0 Å². The molecule has 0 aliphatic rings. The molecule has 3 amide bonds. The summed E-state index contributed by atoms with van der Waals surface area (Å²) < 4.78 is 0. The Morgan fingerprint density at radius 3 is 1.86 bits per heavy atom. The van der Waals surface area contributed by atoms with Crippen molar-refractivity contribution in [3.8, 4) is 0 Å². The summed E-state index contributed by atoms with van der Waals surface area (Å²) in [7, 11) is 0. The summed E-state index contributed by atoms with van der Waals surface area (Å²) in [5.74, 6) is -3.82. The molecular formula is C11H20N4O7. The number of aliphatic hydroxyl groups is 2. The number of amides is 3. The number of carbonyl (C=O) groups excluding carboxylic acids is 3. The minimum absolute atomic E-state index is 0.321. The molecule has 0 fully saturated rings. The van der Waals surface area contributed by atoms with Gasteiger partial charge in [0, 0.05) is 0 Å². The maximum Gasteiger partial charge on any atom is 0.328 e. The van der Waals surface area contributed by atoms with Gasteiger partial charge in [-0.05, 0) is 6.92 Å². The molecule has 0 saturated heterocycles. The molecule has 8 N–H and O–H groups in total. The Morgan fingerprint density at radius 1 is 0.955 bits per heavy atom. The molecule has 0 aliphatic carbocycles. The highest BCUT2D eigenvalue weighted by Crippen LogP contribution is 1.91. The van der Waals surface area contributed by atoms with Crippen molar-refractivity contribution in [3.05, 3.63) is 0 Å². The van der Waals surface area contributed by atoms with Crippen LogP contribution in [0.2, 0.25) is 0 Å². The number of aliphatic hydroxyl groups excluding tert-OH is 2. The first-order valence-electron chi connectivity index (χ1n) is 6.31. The Hall–Kier alpha value is -2.24. The molecule has 0 saturated carbocycles. The van der Waals surface area contributed by atoms with E-state index in [2.05, 4.69) is 10.6 Å². The average molecular weight is 320 g/mol. The van der Waals surface area contributed by atoms with Gasteiger partial charge in [-0.2, -0.15) is 0 Å². The molecule has 3 unspecified atom stereocenters. The quantitative estimate of drug-likeness (QED) is 0.221. The van der Waals surface area contributed by atoms with Crippen LogP contribution in [0.5, 0.6) is 0 Å². The van der Waals surface area contributed by atoms with Gasteiger partial charge in [-0.1, -0.05) is 0 Å². The summed E-state index contributed by atoms with van der Waals surface area (Å²) >= 11 is 0. The zero-order valence-electron chi connectivity index (χ0n) is 11.9. The third-order valence-corrected chi connectivity index (χ3v) is 2.57. The second kappa shape index (κ2) is 9.65. The summed E-state index contributed by atoms with van der Waals surface area (Å²) in [6, 6.07) is -4.00. The minimum atomic E-state index is -1.56. The predicted molar refractivity (Wildman–Crippen MR) is 72.3 cm³/mol. The van der Waals surface area contributed by atoms with Gasteiger partial charge in [-0.15, -0.1) is 0 Å². The monoisotopic (exact) mass is 320 g/mol. The van der Waals surface area contributed by atoms with Crippen molar-refractivity contribution >= 4 is 23.7 Å². The topological polar surface area (TPSA) is 191 Å². The van der Waals surface area contributed by atoms with Crippen molar-refractivity contribution in [3.63, 3.8) is 0 Å². The molecule has 11 heteroatoms. The van der Waals surface area contributed by atoms with Gasteiger partial charge in [0.25, 0.3) is 0 Å². The van der Waals surface area contributed by atoms with E-state index in [4.69, 9.17) is 21.1 Å². The smallest absolute Gasteiger partial charge is 0.328 e. The highest BCUT2D eigenvalue weighted by atomic mass is 16.4. The number of carbonyl (C=O) groups is 4. The van der Waals surface area contributed by atoms with Crippen LogP contribution in [0, 0.1) is 0 Å². The normalized spacial score (nSPS) is 14.4. The van der Waals surface area contributed by atoms with Crippen LogP contribution in [-0.2, 0) is 19.2 Å². The number of hydrogen-bond donors (Lipinski definition) is 7. The summed E-state index contributed by atoms with van der Waals surface area (Å²) in [5, 5.41) is 32.9. The maximum absolute atomic E-state index is 11.7. The van der Waals surface area contributed by atoms with Gasteiger partial charge in [-0.25, -0.2) is 4.79 Å². The third-order valence-electron chi connectivity index (χ3n) is 2.57. The van der Waals surface area contributed by atoms with Crippen molar-refractivity contribution in [2.45, 2.75) is 25.0 Å². The zero-order chi connectivity index (χ0) is 17.3. The second-order valence-corrected chi connectivity index (χ2v) is 4.32. The van der Waals surface area contributed by atoms with Crippen LogP contribution >= 0.6 is 0 Å². The summed E-state index contributed by atoms with van der Waals surface area (Å²) in [6.07, 6.45) is 0. The minimum Gasteiger partial charge on any atom is -0.480 e. The lowest BCUT2D eigenvalue weighted by Gasteiger charge is -2.21. The van der Waals surface area contributed by atoms with E-state index < -0.39 is 55.0 Å². The number of carboxylic acids is 1. The van der Waals surface area contributed by atoms with E-state index >= 15 is 0 Å². The molecule has 0 aromatic carbocycles. The van der Waals surface area contributed by atoms with Crippen LogP contribution in [0.25, 0.3) is 0 Å². The third kappa shape index (κ3) is 6.47.